The fourth-order valence-corrected chi connectivity index (χ4v) is 3.16. The summed E-state index contributed by atoms with van der Waals surface area (Å²) in [5.41, 5.74) is 3.64. The summed E-state index contributed by atoms with van der Waals surface area (Å²) in [5, 5.41) is 4.22. The molecule has 0 unspecified atom stereocenters. The highest BCUT2D eigenvalue weighted by molar-refractivity contribution is 5.51. The molecule has 0 radical (unpaired) electrons. The van der Waals surface area contributed by atoms with Gasteiger partial charge in [-0.2, -0.15) is 0 Å². The van der Waals surface area contributed by atoms with Gasteiger partial charge in [0.05, 0.1) is 5.69 Å². The third-order valence-corrected chi connectivity index (χ3v) is 4.65. The van der Waals surface area contributed by atoms with Gasteiger partial charge in [-0.3, -0.25) is 9.88 Å². The molecule has 0 atom stereocenters. The Bertz CT molecular complexity index is 642. The Morgan fingerprint density at radius 1 is 1.23 bits per heavy atom. The van der Waals surface area contributed by atoms with Crippen molar-refractivity contribution in [2.75, 3.05) is 31.1 Å². The van der Waals surface area contributed by atoms with Gasteiger partial charge in [-0.25, -0.2) is 0 Å². The maximum absolute atomic E-state index is 5.44. The average molecular weight is 298 g/mol. The molecule has 2 aromatic rings. The molecule has 2 aliphatic rings. The van der Waals surface area contributed by atoms with Gasteiger partial charge in [-0.05, 0) is 31.4 Å². The molecular formula is C17H22N4O. The number of piperazine rings is 1. The first-order valence-electron chi connectivity index (χ1n) is 8.13. The van der Waals surface area contributed by atoms with Crippen LogP contribution in [0.3, 0.4) is 0 Å². The lowest BCUT2D eigenvalue weighted by atomic mass is 10.2. The number of hydrogen-bond donors (Lipinski definition) is 0. The van der Waals surface area contributed by atoms with Crippen LogP contribution in [-0.2, 0) is 6.54 Å². The van der Waals surface area contributed by atoms with E-state index in [1.54, 1.807) is 0 Å². The van der Waals surface area contributed by atoms with E-state index in [4.69, 9.17) is 4.52 Å². The van der Waals surface area contributed by atoms with Crippen molar-refractivity contribution in [3.05, 3.63) is 41.5 Å². The summed E-state index contributed by atoms with van der Waals surface area (Å²) in [5.74, 6) is 1.73. The number of nitrogens with zero attached hydrogens (tertiary/aromatic N) is 4. The first-order chi connectivity index (χ1) is 10.8. The van der Waals surface area contributed by atoms with E-state index in [9.17, 15) is 0 Å². The predicted octanol–water partition coefficient (Wildman–Crippen LogP) is 2.58. The number of hydrogen-bond acceptors (Lipinski definition) is 5. The first kappa shape index (κ1) is 13.8. The molecule has 1 aliphatic carbocycles. The zero-order valence-corrected chi connectivity index (χ0v) is 13.0. The van der Waals surface area contributed by atoms with Crippen molar-refractivity contribution in [1.82, 2.24) is 15.0 Å². The lowest BCUT2D eigenvalue weighted by molar-refractivity contribution is 0.241. The van der Waals surface area contributed by atoms with Gasteiger partial charge in [0.15, 0.2) is 0 Å². The van der Waals surface area contributed by atoms with Gasteiger partial charge in [-0.15, -0.1) is 0 Å². The second-order valence-electron chi connectivity index (χ2n) is 6.42. The SMILES string of the molecule is Cc1cnccc1N1CCN(Cc2cc(C3CC3)on2)CC1. The predicted molar refractivity (Wildman–Crippen MR) is 84.9 cm³/mol. The maximum Gasteiger partial charge on any atom is 0.140 e. The second-order valence-corrected chi connectivity index (χ2v) is 6.42. The van der Waals surface area contributed by atoms with E-state index in [2.05, 4.69) is 39.0 Å². The van der Waals surface area contributed by atoms with Gasteiger partial charge >= 0.3 is 0 Å². The molecule has 0 bridgehead atoms. The van der Waals surface area contributed by atoms with E-state index in [0.29, 0.717) is 5.92 Å². The minimum Gasteiger partial charge on any atom is -0.369 e. The van der Waals surface area contributed by atoms with Crippen molar-refractivity contribution < 1.29 is 4.52 Å². The second kappa shape index (κ2) is 5.72. The van der Waals surface area contributed by atoms with Crippen LogP contribution in [0, 0.1) is 6.92 Å². The molecule has 2 aromatic heterocycles. The van der Waals surface area contributed by atoms with Crippen LogP contribution >= 0.6 is 0 Å². The molecule has 3 heterocycles. The zero-order chi connectivity index (χ0) is 14.9. The van der Waals surface area contributed by atoms with E-state index in [1.807, 2.05) is 12.4 Å². The summed E-state index contributed by atoms with van der Waals surface area (Å²) in [4.78, 5) is 9.09. The summed E-state index contributed by atoms with van der Waals surface area (Å²) < 4.78 is 5.44. The van der Waals surface area contributed by atoms with E-state index >= 15 is 0 Å². The zero-order valence-electron chi connectivity index (χ0n) is 13.0. The molecule has 22 heavy (non-hydrogen) atoms. The number of rotatable bonds is 4. The number of aromatic nitrogens is 2. The van der Waals surface area contributed by atoms with E-state index < -0.39 is 0 Å². The van der Waals surface area contributed by atoms with E-state index in [0.717, 1.165) is 44.2 Å². The molecule has 1 saturated heterocycles. The van der Waals surface area contributed by atoms with E-state index in [-0.39, 0.29) is 0 Å². The van der Waals surface area contributed by atoms with Crippen LogP contribution in [0.15, 0.2) is 29.0 Å². The highest BCUT2D eigenvalue weighted by Crippen LogP contribution is 2.40. The van der Waals surface area contributed by atoms with E-state index in [1.165, 1.54) is 24.1 Å². The summed E-state index contributed by atoms with van der Waals surface area (Å²) in [7, 11) is 0. The van der Waals surface area contributed by atoms with Gasteiger partial charge in [0, 0.05) is 62.8 Å². The molecule has 0 N–H and O–H groups in total. The Morgan fingerprint density at radius 2 is 2.05 bits per heavy atom. The number of anilines is 1. The van der Waals surface area contributed by atoms with Gasteiger partial charge in [-0.1, -0.05) is 5.16 Å². The minimum absolute atomic E-state index is 0.646. The lowest BCUT2D eigenvalue weighted by Crippen LogP contribution is -2.46. The van der Waals surface area contributed by atoms with Crippen LogP contribution in [0.1, 0.15) is 35.8 Å². The number of pyridine rings is 1. The monoisotopic (exact) mass is 298 g/mol. The Kier molecular flexibility index (Phi) is 3.58. The largest absolute Gasteiger partial charge is 0.369 e. The fourth-order valence-electron chi connectivity index (χ4n) is 3.16. The third kappa shape index (κ3) is 2.86. The molecular weight excluding hydrogens is 276 g/mol. The lowest BCUT2D eigenvalue weighted by Gasteiger charge is -2.36. The molecule has 116 valence electrons. The minimum atomic E-state index is 0.646. The van der Waals surface area contributed by atoms with Crippen molar-refractivity contribution in [1.29, 1.82) is 0 Å². The maximum atomic E-state index is 5.44. The fraction of sp³-hybridized carbons (Fsp3) is 0.529. The molecule has 2 fully saturated rings. The Labute approximate surface area is 130 Å². The molecule has 1 aliphatic heterocycles. The van der Waals surface area contributed by atoms with Crippen LogP contribution in [0.2, 0.25) is 0 Å². The average Bonchev–Trinajstić information content (AvgIpc) is 3.29. The standard InChI is InChI=1S/C17H22N4O/c1-13-11-18-5-4-16(13)21-8-6-20(7-9-21)12-15-10-17(22-19-15)14-2-3-14/h4-5,10-11,14H,2-3,6-9,12H2,1H3. The molecule has 5 nitrogen and oxygen atoms in total. The van der Waals surface area contributed by atoms with Gasteiger partial charge in [0.25, 0.3) is 0 Å². The summed E-state index contributed by atoms with van der Waals surface area (Å²) in [6.07, 6.45) is 6.34. The van der Waals surface area contributed by atoms with Crippen LogP contribution in [0.25, 0.3) is 0 Å². The summed E-state index contributed by atoms with van der Waals surface area (Å²) >= 11 is 0. The van der Waals surface area contributed by atoms with Crippen LogP contribution < -0.4 is 4.90 Å². The molecule has 4 rings (SSSR count). The first-order valence-corrected chi connectivity index (χ1v) is 8.13. The van der Waals surface area contributed by atoms with Crippen molar-refractivity contribution in [2.24, 2.45) is 0 Å². The van der Waals surface area contributed by atoms with Crippen LogP contribution in [0.4, 0.5) is 5.69 Å². The Morgan fingerprint density at radius 3 is 2.77 bits per heavy atom. The molecule has 1 saturated carbocycles. The smallest absolute Gasteiger partial charge is 0.140 e. The normalized spacial score (nSPS) is 19.6. The highest BCUT2D eigenvalue weighted by Gasteiger charge is 2.28. The molecule has 0 spiro atoms. The number of aryl methyl sites for hydroxylation is 1. The van der Waals surface area contributed by atoms with Crippen LogP contribution in [0.5, 0.6) is 0 Å². The molecule has 5 heteroatoms. The van der Waals surface area contributed by atoms with Gasteiger partial charge in [0.2, 0.25) is 0 Å². The van der Waals surface area contributed by atoms with Gasteiger partial charge in [0.1, 0.15) is 5.76 Å². The quantitative estimate of drug-likeness (QED) is 0.868. The summed E-state index contributed by atoms with van der Waals surface area (Å²) in [6.45, 7) is 7.26. The van der Waals surface area contributed by atoms with Crippen molar-refractivity contribution >= 4 is 5.69 Å². The third-order valence-electron chi connectivity index (χ3n) is 4.65. The Hall–Kier alpha value is -1.88. The molecule has 0 aromatic carbocycles. The summed E-state index contributed by atoms with van der Waals surface area (Å²) in [6, 6.07) is 4.27. The van der Waals surface area contributed by atoms with Crippen molar-refractivity contribution in [3.8, 4) is 0 Å². The van der Waals surface area contributed by atoms with Gasteiger partial charge < -0.3 is 9.42 Å². The molecule has 0 amide bonds. The van der Waals surface area contributed by atoms with Crippen molar-refractivity contribution in [3.63, 3.8) is 0 Å². The van der Waals surface area contributed by atoms with Crippen LogP contribution in [-0.4, -0.2) is 41.2 Å². The Balaban J connectivity index is 1.34. The van der Waals surface area contributed by atoms with Crippen molar-refractivity contribution in [2.45, 2.75) is 32.2 Å². The topological polar surface area (TPSA) is 45.4 Å². The highest BCUT2D eigenvalue weighted by atomic mass is 16.5.